The van der Waals surface area contributed by atoms with Crippen molar-refractivity contribution in [2.24, 2.45) is 0 Å². The zero-order valence-corrected chi connectivity index (χ0v) is 10.5. The Balaban J connectivity index is 1.95. The van der Waals surface area contributed by atoms with Crippen molar-refractivity contribution < 1.29 is 9.53 Å². The predicted octanol–water partition coefficient (Wildman–Crippen LogP) is 2.26. The van der Waals surface area contributed by atoms with Gasteiger partial charge in [0.1, 0.15) is 0 Å². The smallest absolute Gasteiger partial charge is 0.220 e. The fourth-order valence-electron chi connectivity index (χ4n) is 2.00. The molecule has 0 bridgehead atoms. The molecular weight excluding hydrogens is 214 g/mol. The SMILES string of the molecule is C#CCCCCNC(=O)CCC1CCCCO1. The molecule has 3 heteroatoms. The molecular formula is C14H23NO2. The van der Waals surface area contributed by atoms with Gasteiger partial charge in [-0.1, -0.05) is 0 Å². The molecule has 1 fully saturated rings. The van der Waals surface area contributed by atoms with Crippen LogP contribution in [0.4, 0.5) is 0 Å². The molecule has 0 aromatic heterocycles. The van der Waals surface area contributed by atoms with E-state index in [0.29, 0.717) is 12.5 Å². The molecule has 0 spiro atoms. The van der Waals surface area contributed by atoms with Crippen LogP contribution in [-0.2, 0) is 9.53 Å². The molecule has 1 N–H and O–H groups in total. The third-order valence-electron chi connectivity index (χ3n) is 3.04. The van der Waals surface area contributed by atoms with Crippen LogP contribution in [0.3, 0.4) is 0 Å². The molecule has 3 nitrogen and oxygen atoms in total. The fraction of sp³-hybridized carbons (Fsp3) is 0.786. The number of carbonyl (C=O) groups excluding carboxylic acids is 1. The van der Waals surface area contributed by atoms with Crippen molar-refractivity contribution in [3.8, 4) is 12.3 Å². The maximum atomic E-state index is 11.5. The van der Waals surface area contributed by atoms with E-state index >= 15 is 0 Å². The Morgan fingerprint density at radius 2 is 2.29 bits per heavy atom. The average Bonchev–Trinajstić information content (AvgIpc) is 2.37. The van der Waals surface area contributed by atoms with E-state index in [9.17, 15) is 4.79 Å². The minimum absolute atomic E-state index is 0.139. The molecule has 1 rings (SSSR count). The van der Waals surface area contributed by atoms with Crippen molar-refractivity contribution in [2.45, 2.75) is 57.5 Å². The van der Waals surface area contributed by atoms with Crippen LogP contribution in [0.15, 0.2) is 0 Å². The summed E-state index contributed by atoms with van der Waals surface area (Å²) in [4.78, 5) is 11.5. The molecule has 1 amide bonds. The van der Waals surface area contributed by atoms with Crippen LogP contribution in [0.2, 0.25) is 0 Å². The van der Waals surface area contributed by atoms with E-state index in [1.807, 2.05) is 0 Å². The Morgan fingerprint density at radius 1 is 1.41 bits per heavy atom. The first-order chi connectivity index (χ1) is 8.33. The Morgan fingerprint density at radius 3 is 3.00 bits per heavy atom. The maximum absolute atomic E-state index is 11.5. The minimum atomic E-state index is 0.139. The van der Waals surface area contributed by atoms with Gasteiger partial charge < -0.3 is 10.1 Å². The topological polar surface area (TPSA) is 38.3 Å². The second-order valence-corrected chi connectivity index (χ2v) is 4.54. The van der Waals surface area contributed by atoms with Crippen molar-refractivity contribution in [3.05, 3.63) is 0 Å². The molecule has 0 aliphatic carbocycles. The number of ether oxygens (including phenoxy) is 1. The highest BCUT2D eigenvalue weighted by atomic mass is 16.5. The lowest BCUT2D eigenvalue weighted by molar-refractivity contribution is -0.122. The Kier molecular flexibility index (Phi) is 7.49. The van der Waals surface area contributed by atoms with Crippen LogP contribution >= 0.6 is 0 Å². The zero-order chi connectivity index (χ0) is 12.3. The molecule has 0 radical (unpaired) electrons. The predicted molar refractivity (Wildman–Crippen MR) is 68.5 cm³/mol. The lowest BCUT2D eigenvalue weighted by Gasteiger charge is -2.22. The molecule has 1 unspecified atom stereocenters. The molecule has 1 saturated heterocycles. The van der Waals surface area contributed by atoms with E-state index in [1.54, 1.807) is 0 Å². The van der Waals surface area contributed by atoms with E-state index in [4.69, 9.17) is 11.2 Å². The van der Waals surface area contributed by atoms with Crippen LogP contribution in [0.5, 0.6) is 0 Å². The zero-order valence-electron chi connectivity index (χ0n) is 10.5. The Hall–Kier alpha value is -1.01. The fourth-order valence-corrected chi connectivity index (χ4v) is 2.00. The van der Waals surface area contributed by atoms with E-state index in [0.717, 1.165) is 51.7 Å². The largest absolute Gasteiger partial charge is 0.378 e. The summed E-state index contributed by atoms with van der Waals surface area (Å²) in [5.74, 6) is 2.73. The van der Waals surface area contributed by atoms with Crippen molar-refractivity contribution in [2.75, 3.05) is 13.2 Å². The number of hydrogen-bond acceptors (Lipinski definition) is 2. The van der Waals surface area contributed by atoms with Gasteiger partial charge in [-0.2, -0.15) is 0 Å². The summed E-state index contributed by atoms with van der Waals surface area (Å²) in [6.07, 6.45) is 13.2. The molecule has 0 aromatic rings. The van der Waals surface area contributed by atoms with E-state index in [-0.39, 0.29) is 5.91 Å². The molecule has 1 aliphatic heterocycles. The van der Waals surface area contributed by atoms with Crippen LogP contribution in [0, 0.1) is 12.3 Å². The van der Waals surface area contributed by atoms with Gasteiger partial charge in [-0.25, -0.2) is 0 Å². The van der Waals surface area contributed by atoms with Gasteiger partial charge in [0.15, 0.2) is 0 Å². The van der Waals surface area contributed by atoms with Gasteiger partial charge in [0.2, 0.25) is 5.91 Å². The normalized spacial score (nSPS) is 19.6. The second kappa shape index (κ2) is 9.07. The second-order valence-electron chi connectivity index (χ2n) is 4.54. The summed E-state index contributed by atoms with van der Waals surface area (Å²) in [7, 11) is 0. The van der Waals surface area contributed by atoms with Crippen LogP contribution in [-0.4, -0.2) is 25.2 Å². The number of nitrogens with one attached hydrogen (secondary N) is 1. The highest BCUT2D eigenvalue weighted by molar-refractivity contribution is 5.75. The first-order valence-corrected chi connectivity index (χ1v) is 6.64. The van der Waals surface area contributed by atoms with Gasteiger partial charge >= 0.3 is 0 Å². The number of hydrogen-bond donors (Lipinski definition) is 1. The number of rotatable bonds is 7. The molecule has 0 saturated carbocycles. The molecule has 1 atom stereocenters. The van der Waals surface area contributed by atoms with Crippen LogP contribution in [0.25, 0.3) is 0 Å². The summed E-state index contributed by atoms with van der Waals surface area (Å²) < 4.78 is 5.58. The van der Waals surface area contributed by atoms with Crippen molar-refractivity contribution in [1.82, 2.24) is 5.32 Å². The number of unbranched alkanes of at least 4 members (excludes halogenated alkanes) is 2. The quantitative estimate of drug-likeness (QED) is 0.545. The number of terminal acetylenes is 1. The van der Waals surface area contributed by atoms with Crippen molar-refractivity contribution in [1.29, 1.82) is 0 Å². The molecule has 17 heavy (non-hydrogen) atoms. The van der Waals surface area contributed by atoms with Gasteiger partial charge in [-0.3, -0.25) is 4.79 Å². The third kappa shape index (κ3) is 7.01. The third-order valence-corrected chi connectivity index (χ3v) is 3.04. The van der Waals surface area contributed by atoms with Crippen LogP contribution in [0.1, 0.15) is 51.4 Å². The van der Waals surface area contributed by atoms with E-state index in [2.05, 4.69) is 11.2 Å². The van der Waals surface area contributed by atoms with Crippen molar-refractivity contribution in [3.63, 3.8) is 0 Å². The minimum Gasteiger partial charge on any atom is -0.378 e. The Bertz CT molecular complexity index is 251. The highest BCUT2D eigenvalue weighted by Gasteiger charge is 2.14. The molecule has 96 valence electrons. The van der Waals surface area contributed by atoms with Gasteiger partial charge in [0.25, 0.3) is 0 Å². The standard InChI is InChI=1S/C14H23NO2/c1-2-3-4-6-11-15-14(16)10-9-13-8-5-7-12-17-13/h1,13H,3-12H2,(H,15,16). The molecule has 0 aromatic carbocycles. The molecule has 1 aliphatic rings. The average molecular weight is 237 g/mol. The summed E-state index contributed by atoms with van der Waals surface area (Å²) in [5.41, 5.74) is 0. The monoisotopic (exact) mass is 237 g/mol. The number of amides is 1. The van der Waals surface area contributed by atoms with Gasteiger partial charge in [0.05, 0.1) is 6.10 Å². The summed E-state index contributed by atoms with van der Waals surface area (Å²) >= 11 is 0. The lowest BCUT2D eigenvalue weighted by atomic mass is 10.0. The first kappa shape index (κ1) is 14.1. The van der Waals surface area contributed by atoms with Gasteiger partial charge in [-0.05, 0) is 38.5 Å². The first-order valence-electron chi connectivity index (χ1n) is 6.64. The van der Waals surface area contributed by atoms with Gasteiger partial charge in [-0.15, -0.1) is 12.3 Å². The van der Waals surface area contributed by atoms with E-state index < -0.39 is 0 Å². The summed E-state index contributed by atoms with van der Waals surface area (Å²) in [6, 6.07) is 0. The number of carbonyl (C=O) groups is 1. The van der Waals surface area contributed by atoms with Crippen molar-refractivity contribution >= 4 is 5.91 Å². The summed E-state index contributed by atoms with van der Waals surface area (Å²) in [6.45, 7) is 1.60. The van der Waals surface area contributed by atoms with Gasteiger partial charge in [0, 0.05) is 26.0 Å². The van der Waals surface area contributed by atoms with Crippen LogP contribution < -0.4 is 5.32 Å². The maximum Gasteiger partial charge on any atom is 0.220 e. The lowest BCUT2D eigenvalue weighted by Crippen LogP contribution is -2.27. The summed E-state index contributed by atoms with van der Waals surface area (Å²) in [5, 5.41) is 2.92. The van der Waals surface area contributed by atoms with E-state index in [1.165, 1.54) is 6.42 Å². The highest BCUT2D eigenvalue weighted by Crippen LogP contribution is 2.16. The molecule has 1 heterocycles. The Labute approximate surface area is 104 Å².